The number of benzene rings is 3. The summed E-state index contributed by atoms with van der Waals surface area (Å²) in [5, 5.41) is 2.50. The fourth-order valence-corrected chi connectivity index (χ4v) is 4.40. The van der Waals surface area contributed by atoms with Gasteiger partial charge in [0.25, 0.3) is 5.91 Å². The molecule has 2 amide bonds. The predicted molar refractivity (Wildman–Crippen MR) is 126 cm³/mol. The van der Waals surface area contributed by atoms with Crippen molar-refractivity contribution in [1.82, 2.24) is 9.55 Å². The molecule has 0 saturated carbocycles. The Hall–Kier alpha value is -4.14. The molecule has 2 heterocycles. The molecule has 0 fully saturated rings. The molecule has 0 aliphatic carbocycles. The minimum Gasteiger partial charge on any atom is -0.326 e. The lowest BCUT2D eigenvalue weighted by molar-refractivity contribution is -0.137. The van der Waals surface area contributed by atoms with Crippen LogP contribution in [0.2, 0.25) is 0 Å². The second-order valence-corrected chi connectivity index (χ2v) is 8.53. The third-order valence-electron chi connectivity index (χ3n) is 5.96. The highest BCUT2D eigenvalue weighted by Gasteiger charge is 2.41. The maximum Gasteiger partial charge on any atom is 0.416 e. The van der Waals surface area contributed by atoms with Crippen LogP contribution in [0.15, 0.2) is 72.8 Å². The number of nitrogens with zero attached hydrogens (tertiary/aromatic N) is 3. The molecule has 0 unspecified atom stereocenters. The van der Waals surface area contributed by atoms with E-state index in [9.17, 15) is 22.8 Å². The van der Waals surface area contributed by atoms with Crippen LogP contribution in [0.1, 0.15) is 29.2 Å². The van der Waals surface area contributed by atoms with Crippen molar-refractivity contribution >= 4 is 34.5 Å². The number of rotatable bonds is 5. The SMILES string of the molecule is Cc1cccc(CN2C(=O)[C@H](CC(=O)Nc3cccc(C(F)(F)F)c3)n3c2nc2ccccc23)c1. The summed E-state index contributed by atoms with van der Waals surface area (Å²) < 4.78 is 40.8. The van der Waals surface area contributed by atoms with Gasteiger partial charge in [0, 0.05) is 5.69 Å². The first kappa shape index (κ1) is 22.6. The van der Waals surface area contributed by atoms with Crippen molar-refractivity contribution in [2.45, 2.75) is 32.1 Å². The number of imidazole rings is 1. The first-order valence-corrected chi connectivity index (χ1v) is 11.0. The number of para-hydroxylation sites is 2. The van der Waals surface area contributed by atoms with Crippen LogP contribution in [0.5, 0.6) is 0 Å². The lowest BCUT2D eigenvalue weighted by Gasteiger charge is -2.16. The second kappa shape index (κ2) is 8.57. The molecule has 1 aliphatic rings. The summed E-state index contributed by atoms with van der Waals surface area (Å²) >= 11 is 0. The number of aryl methyl sites for hydroxylation is 1. The van der Waals surface area contributed by atoms with Crippen molar-refractivity contribution in [2.24, 2.45) is 0 Å². The summed E-state index contributed by atoms with van der Waals surface area (Å²) in [4.78, 5) is 32.5. The molecular formula is C26H21F3N4O2. The minimum atomic E-state index is -4.52. The number of alkyl halides is 3. The average molecular weight is 478 g/mol. The number of halogens is 3. The Kier molecular flexibility index (Phi) is 5.55. The minimum absolute atomic E-state index is 0.0163. The fraction of sp³-hybridized carbons (Fsp3) is 0.192. The van der Waals surface area contributed by atoms with Crippen molar-refractivity contribution in [3.05, 3.63) is 89.5 Å². The second-order valence-electron chi connectivity index (χ2n) is 8.53. The topological polar surface area (TPSA) is 67.2 Å². The summed E-state index contributed by atoms with van der Waals surface area (Å²) in [5.41, 5.74) is 2.53. The van der Waals surface area contributed by atoms with E-state index in [1.54, 1.807) is 9.47 Å². The zero-order valence-corrected chi connectivity index (χ0v) is 18.7. The Bertz CT molecular complexity index is 1440. The molecule has 1 atom stereocenters. The Morgan fingerprint density at radius 3 is 2.57 bits per heavy atom. The molecule has 6 nitrogen and oxygen atoms in total. The molecule has 5 rings (SSSR count). The van der Waals surface area contributed by atoms with Gasteiger partial charge in [0.1, 0.15) is 6.04 Å². The smallest absolute Gasteiger partial charge is 0.326 e. The maximum atomic E-state index is 13.5. The van der Waals surface area contributed by atoms with E-state index in [-0.39, 0.29) is 24.6 Å². The van der Waals surface area contributed by atoms with Crippen LogP contribution in [0, 0.1) is 6.92 Å². The number of hydrogen-bond acceptors (Lipinski definition) is 3. The highest BCUT2D eigenvalue weighted by molar-refractivity contribution is 6.05. The first-order valence-electron chi connectivity index (χ1n) is 11.0. The molecule has 9 heteroatoms. The largest absolute Gasteiger partial charge is 0.416 e. The standard InChI is InChI=1S/C26H21F3N4O2/c1-16-6-4-7-17(12-16)15-32-24(35)22(33-21-11-3-2-10-20(21)31-25(32)33)14-23(34)30-19-9-5-8-18(13-19)26(27,28)29/h2-13,22H,14-15H2,1H3,(H,30,34)/t22-/m0/s1. The molecule has 4 aromatic rings. The summed E-state index contributed by atoms with van der Waals surface area (Å²) in [6.45, 7) is 2.25. The Morgan fingerprint density at radius 1 is 1.03 bits per heavy atom. The molecule has 1 aromatic heterocycles. The molecular weight excluding hydrogens is 457 g/mol. The maximum absolute atomic E-state index is 13.5. The van der Waals surface area contributed by atoms with Gasteiger partial charge < -0.3 is 5.32 Å². The number of carbonyl (C=O) groups is 2. The van der Waals surface area contributed by atoms with Crippen LogP contribution < -0.4 is 10.2 Å². The third kappa shape index (κ3) is 4.37. The van der Waals surface area contributed by atoms with E-state index in [2.05, 4.69) is 10.3 Å². The van der Waals surface area contributed by atoms with Gasteiger partial charge in [0.15, 0.2) is 0 Å². The van der Waals surface area contributed by atoms with E-state index >= 15 is 0 Å². The molecule has 0 bridgehead atoms. The molecule has 0 saturated heterocycles. The number of anilines is 2. The zero-order valence-electron chi connectivity index (χ0n) is 18.7. The van der Waals surface area contributed by atoms with Crippen LogP contribution in [-0.2, 0) is 22.3 Å². The number of fused-ring (bicyclic) bond motifs is 3. The van der Waals surface area contributed by atoms with Gasteiger partial charge in [-0.25, -0.2) is 4.98 Å². The van der Waals surface area contributed by atoms with Crippen molar-refractivity contribution in [2.75, 3.05) is 10.2 Å². The number of hydrogen-bond donors (Lipinski definition) is 1. The van der Waals surface area contributed by atoms with E-state index in [1.165, 1.54) is 12.1 Å². The molecule has 0 radical (unpaired) electrons. The van der Waals surface area contributed by atoms with Gasteiger partial charge >= 0.3 is 6.18 Å². The van der Waals surface area contributed by atoms with Crippen LogP contribution in [0.4, 0.5) is 24.8 Å². The summed E-state index contributed by atoms with van der Waals surface area (Å²) in [5.74, 6) is -0.419. The van der Waals surface area contributed by atoms with Gasteiger partial charge in [-0.3, -0.25) is 19.1 Å². The van der Waals surface area contributed by atoms with Crippen LogP contribution in [-0.4, -0.2) is 21.4 Å². The number of aromatic nitrogens is 2. The van der Waals surface area contributed by atoms with E-state index in [0.717, 1.165) is 23.3 Å². The zero-order chi connectivity index (χ0) is 24.7. The molecule has 0 spiro atoms. The molecule has 178 valence electrons. The number of nitrogens with one attached hydrogen (secondary N) is 1. The summed E-state index contributed by atoms with van der Waals surface area (Å²) in [7, 11) is 0. The van der Waals surface area contributed by atoms with Gasteiger partial charge in [-0.1, -0.05) is 48.0 Å². The van der Waals surface area contributed by atoms with Crippen molar-refractivity contribution in [3.63, 3.8) is 0 Å². The summed E-state index contributed by atoms with van der Waals surface area (Å²) in [6, 6.07) is 18.6. The normalized spacial score (nSPS) is 15.5. The van der Waals surface area contributed by atoms with Crippen molar-refractivity contribution in [3.8, 4) is 0 Å². The third-order valence-corrected chi connectivity index (χ3v) is 5.96. The Labute approximate surface area is 199 Å². The predicted octanol–water partition coefficient (Wildman–Crippen LogP) is 5.48. The molecule has 1 N–H and O–H groups in total. The van der Waals surface area contributed by atoms with Gasteiger partial charge in [-0.15, -0.1) is 0 Å². The van der Waals surface area contributed by atoms with Gasteiger partial charge in [0.05, 0.1) is 29.6 Å². The molecule has 3 aromatic carbocycles. The summed E-state index contributed by atoms with van der Waals surface area (Å²) in [6.07, 6.45) is -4.77. The van der Waals surface area contributed by atoms with Crippen molar-refractivity contribution < 1.29 is 22.8 Å². The Balaban J connectivity index is 1.44. The molecule has 1 aliphatic heterocycles. The van der Waals surface area contributed by atoms with Crippen LogP contribution in [0.25, 0.3) is 11.0 Å². The average Bonchev–Trinajstić information content (AvgIpc) is 3.29. The molecule has 35 heavy (non-hydrogen) atoms. The van der Waals surface area contributed by atoms with Gasteiger partial charge in [0.2, 0.25) is 11.9 Å². The Morgan fingerprint density at radius 2 is 1.80 bits per heavy atom. The first-order chi connectivity index (χ1) is 16.7. The van der Waals surface area contributed by atoms with Crippen molar-refractivity contribution in [1.29, 1.82) is 0 Å². The van der Waals surface area contributed by atoms with E-state index in [4.69, 9.17) is 0 Å². The van der Waals surface area contributed by atoms with E-state index in [1.807, 2.05) is 55.5 Å². The van der Waals surface area contributed by atoms with E-state index < -0.39 is 23.7 Å². The lowest BCUT2D eigenvalue weighted by atomic mass is 10.1. The van der Waals surface area contributed by atoms with Gasteiger partial charge in [-0.05, 0) is 42.8 Å². The van der Waals surface area contributed by atoms with Crippen LogP contribution >= 0.6 is 0 Å². The number of amides is 2. The monoisotopic (exact) mass is 478 g/mol. The van der Waals surface area contributed by atoms with E-state index in [0.29, 0.717) is 17.0 Å². The highest BCUT2D eigenvalue weighted by Crippen LogP contribution is 2.37. The van der Waals surface area contributed by atoms with Gasteiger partial charge in [-0.2, -0.15) is 13.2 Å². The number of carbonyl (C=O) groups excluding carboxylic acids is 2. The lowest BCUT2D eigenvalue weighted by Crippen LogP contribution is -2.31. The van der Waals surface area contributed by atoms with Crippen LogP contribution in [0.3, 0.4) is 0 Å². The quantitative estimate of drug-likeness (QED) is 0.413. The highest BCUT2D eigenvalue weighted by atomic mass is 19.4. The fourth-order valence-electron chi connectivity index (χ4n) is 4.40.